The van der Waals surface area contributed by atoms with Crippen LogP contribution in [0.3, 0.4) is 0 Å². The Balaban J connectivity index is 1.42. The molecule has 0 N–H and O–H groups in total. The highest BCUT2D eigenvalue weighted by Crippen LogP contribution is 2.33. The van der Waals surface area contributed by atoms with Gasteiger partial charge < -0.3 is 9.80 Å². The Morgan fingerprint density at radius 1 is 1.03 bits per heavy atom. The molecular formula is C26H29N7O4S2. The quantitative estimate of drug-likeness (QED) is 0.348. The summed E-state index contributed by atoms with van der Waals surface area (Å²) in [6, 6.07) is 7.42. The predicted octanol–water partition coefficient (Wildman–Crippen LogP) is 2.35. The van der Waals surface area contributed by atoms with Gasteiger partial charge in [-0.05, 0) is 50.1 Å². The van der Waals surface area contributed by atoms with Crippen LogP contribution in [0, 0.1) is 20.8 Å². The number of carbonyl (C=O) groups is 1. The maximum atomic E-state index is 13.8. The first-order valence-electron chi connectivity index (χ1n) is 12.4. The van der Waals surface area contributed by atoms with Gasteiger partial charge in [0.1, 0.15) is 16.3 Å². The number of benzene rings is 1. The van der Waals surface area contributed by atoms with E-state index < -0.39 is 15.6 Å². The summed E-state index contributed by atoms with van der Waals surface area (Å²) in [5, 5.41) is 0.0236. The first kappa shape index (κ1) is 26.9. The largest absolute Gasteiger partial charge is 0.338 e. The van der Waals surface area contributed by atoms with Crippen LogP contribution in [0.15, 0.2) is 52.7 Å². The van der Waals surface area contributed by atoms with Crippen molar-refractivity contribution in [3.8, 4) is 0 Å². The third-order valence-corrected chi connectivity index (χ3v) is 10.2. The molecular weight excluding hydrogens is 538 g/mol. The number of thiophene rings is 1. The van der Waals surface area contributed by atoms with Crippen LogP contribution < -0.4 is 15.4 Å². The van der Waals surface area contributed by atoms with E-state index in [1.807, 2.05) is 36.9 Å². The summed E-state index contributed by atoms with van der Waals surface area (Å²) in [5.41, 5.74) is 2.32. The summed E-state index contributed by atoms with van der Waals surface area (Å²) >= 11 is 1.16. The van der Waals surface area contributed by atoms with E-state index in [1.54, 1.807) is 32.4 Å². The molecule has 0 spiro atoms. The molecule has 0 unspecified atom stereocenters. The van der Waals surface area contributed by atoms with Gasteiger partial charge in [0.2, 0.25) is 21.9 Å². The zero-order valence-electron chi connectivity index (χ0n) is 22.2. The molecule has 4 aromatic rings. The number of amides is 1. The van der Waals surface area contributed by atoms with Gasteiger partial charge in [0.05, 0.1) is 11.7 Å². The second-order valence-electron chi connectivity index (χ2n) is 9.51. The third kappa shape index (κ3) is 5.04. The number of piperazine rings is 1. The molecule has 0 atom stereocenters. The molecule has 204 valence electrons. The zero-order valence-corrected chi connectivity index (χ0v) is 23.8. The van der Waals surface area contributed by atoms with Crippen LogP contribution in [-0.2, 0) is 21.4 Å². The molecule has 1 aromatic carbocycles. The summed E-state index contributed by atoms with van der Waals surface area (Å²) in [6.07, 6.45) is 4.60. The van der Waals surface area contributed by atoms with E-state index in [9.17, 15) is 18.0 Å². The van der Waals surface area contributed by atoms with Crippen LogP contribution >= 0.6 is 11.3 Å². The van der Waals surface area contributed by atoms with Crippen molar-refractivity contribution < 1.29 is 13.2 Å². The molecule has 39 heavy (non-hydrogen) atoms. The molecule has 1 aliphatic heterocycles. The molecule has 0 radical (unpaired) electrons. The number of anilines is 2. The highest BCUT2D eigenvalue weighted by molar-refractivity contribution is 7.89. The molecule has 13 heteroatoms. The Kier molecular flexibility index (Phi) is 7.23. The van der Waals surface area contributed by atoms with E-state index in [0.29, 0.717) is 34.4 Å². The second kappa shape index (κ2) is 10.5. The Morgan fingerprint density at radius 3 is 2.38 bits per heavy atom. The maximum absolute atomic E-state index is 13.8. The van der Waals surface area contributed by atoms with Gasteiger partial charge in [-0.15, -0.1) is 11.3 Å². The van der Waals surface area contributed by atoms with Crippen molar-refractivity contribution in [1.29, 1.82) is 0 Å². The first-order valence-corrected chi connectivity index (χ1v) is 14.7. The van der Waals surface area contributed by atoms with Gasteiger partial charge in [0, 0.05) is 56.2 Å². The summed E-state index contributed by atoms with van der Waals surface area (Å²) in [4.78, 5) is 43.7. The number of hydrogen-bond donors (Lipinski definition) is 0. The highest BCUT2D eigenvalue weighted by atomic mass is 32.2. The third-order valence-electron chi connectivity index (χ3n) is 7.03. The molecule has 5 rings (SSSR count). The number of aryl methyl sites for hydroxylation is 3. The highest BCUT2D eigenvalue weighted by Gasteiger charge is 2.34. The molecule has 4 heterocycles. The number of hydrogen-bond acceptors (Lipinski definition) is 9. The fraction of sp³-hybridized carbons (Fsp3) is 0.346. The Bertz CT molecular complexity index is 1710. The van der Waals surface area contributed by atoms with E-state index in [2.05, 4.69) is 15.0 Å². The average Bonchev–Trinajstić information content (AvgIpc) is 3.29. The van der Waals surface area contributed by atoms with Gasteiger partial charge in [0.15, 0.2) is 0 Å². The summed E-state index contributed by atoms with van der Waals surface area (Å²) in [6.45, 7) is 6.67. The fourth-order valence-corrected chi connectivity index (χ4v) is 7.67. The van der Waals surface area contributed by atoms with Crippen LogP contribution in [0.2, 0.25) is 0 Å². The minimum atomic E-state index is -3.99. The van der Waals surface area contributed by atoms with Crippen LogP contribution in [0.4, 0.5) is 11.6 Å². The number of carbonyl (C=O) groups excluding carboxylic acids is 1. The summed E-state index contributed by atoms with van der Waals surface area (Å²) in [5.74, 6) is 0.228. The van der Waals surface area contributed by atoms with E-state index in [-0.39, 0.29) is 35.8 Å². The van der Waals surface area contributed by atoms with Crippen LogP contribution in [0.1, 0.15) is 16.0 Å². The number of aromatic nitrogens is 4. The molecule has 1 fully saturated rings. The van der Waals surface area contributed by atoms with Crippen LogP contribution in [0.5, 0.6) is 0 Å². The monoisotopic (exact) mass is 567 g/mol. The van der Waals surface area contributed by atoms with E-state index in [0.717, 1.165) is 22.5 Å². The lowest BCUT2D eigenvalue weighted by Gasteiger charge is -2.33. The summed E-state index contributed by atoms with van der Waals surface area (Å²) in [7, 11) is -2.34. The lowest BCUT2D eigenvalue weighted by atomic mass is 10.1. The van der Waals surface area contributed by atoms with Crippen LogP contribution in [-0.4, -0.2) is 71.4 Å². The van der Waals surface area contributed by atoms with E-state index >= 15 is 0 Å². The van der Waals surface area contributed by atoms with Crippen molar-refractivity contribution in [2.24, 2.45) is 0 Å². The molecule has 1 amide bonds. The van der Waals surface area contributed by atoms with Gasteiger partial charge in [-0.2, -0.15) is 4.31 Å². The van der Waals surface area contributed by atoms with Crippen molar-refractivity contribution >= 4 is 49.1 Å². The number of fused-ring (bicyclic) bond motifs is 1. The van der Waals surface area contributed by atoms with Gasteiger partial charge in [-0.1, -0.05) is 6.07 Å². The van der Waals surface area contributed by atoms with Gasteiger partial charge in [-0.3, -0.25) is 14.2 Å². The lowest BCUT2D eigenvalue weighted by Crippen LogP contribution is -2.49. The molecule has 3 aromatic heterocycles. The molecule has 0 saturated carbocycles. The number of nitrogens with zero attached hydrogens (tertiary/aromatic N) is 7. The molecule has 1 saturated heterocycles. The Labute approximate surface area is 230 Å². The SMILES string of the molecule is Cc1ccc(N(C)C(=O)Cn2cnc3sc(C)c(S(=O)(=O)N4CCN(c5ncccn5)CC4)c3c2=O)cc1C. The van der Waals surface area contributed by atoms with Crippen LogP contribution in [0.25, 0.3) is 10.2 Å². The number of rotatable bonds is 6. The van der Waals surface area contributed by atoms with Gasteiger partial charge in [0.25, 0.3) is 5.56 Å². The van der Waals surface area contributed by atoms with Crippen molar-refractivity contribution in [3.63, 3.8) is 0 Å². The number of sulfonamides is 1. The average molecular weight is 568 g/mol. The smallest absolute Gasteiger partial charge is 0.263 e. The summed E-state index contributed by atoms with van der Waals surface area (Å²) < 4.78 is 30.2. The second-order valence-corrected chi connectivity index (χ2v) is 12.6. The molecule has 0 aliphatic carbocycles. The topological polar surface area (TPSA) is 122 Å². The van der Waals surface area contributed by atoms with E-state index in [1.165, 1.54) is 20.1 Å². The number of likely N-dealkylation sites (N-methyl/N-ethyl adjacent to an activating group) is 1. The lowest BCUT2D eigenvalue weighted by molar-refractivity contribution is -0.118. The van der Waals surface area contributed by atoms with E-state index in [4.69, 9.17) is 0 Å². The first-order chi connectivity index (χ1) is 18.6. The normalized spacial score (nSPS) is 14.6. The fourth-order valence-electron chi connectivity index (χ4n) is 4.58. The Hall–Kier alpha value is -3.68. The molecule has 0 bridgehead atoms. The minimum absolute atomic E-state index is 0.0236. The molecule has 11 nitrogen and oxygen atoms in total. The standard InChI is InChI=1S/C26H29N7O4S2/c1-17-6-7-20(14-18(17)2)30(4)21(34)15-32-16-29-24-22(25(32)35)23(19(3)38-24)39(36,37)33-12-10-31(11-13-33)26-27-8-5-9-28-26/h5-9,14,16H,10-13,15H2,1-4H3. The predicted molar refractivity (Wildman–Crippen MR) is 151 cm³/mol. The molecule has 1 aliphatic rings. The Morgan fingerprint density at radius 2 is 1.72 bits per heavy atom. The van der Waals surface area contributed by atoms with Gasteiger partial charge in [-0.25, -0.2) is 23.4 Å². The van der Waals surface area contributed by atoms with Crippen molar-refractivity contribution in [2.75, 3.05) is 43.0 Å². The minimum Gasteiger partial charge on any atom is -0.338 e. The van der Waals surface area contributed by atoms with Crippen molar-refractivity contribution in [3.05, 3.63) is 69.3 Å². The maximum Gasteiger partial charge on any atom is 0.263 e. The van der Waals surface area contributed by atoms with Crippen molar-refractivity contribution in [2.45, 2.75) is 32.2 Å². The van der Waals surface area contributed by atoms with Crippen molar-refractivity contribution in [1.82, 2.24) is 23.8 Å². The zero-order chi connectivity index (χ0) is 27.9. The van der Waals surface area contributed by atoms with Gasteiger partial charge >= 0.3 is 0 Å².